The van der Waals surface area contributed by atoms with E-state index in [1.807, 2.05) is 0 Å². The van der Waals surface area contributed by atoms with E-state index in [1.165, 1.54) is 37.4 Å². The highest BCUT2D eigenvalue weighted by Gasteiger charge is 2.32. The Bertz CT molecular complexity index is 1850. The fourth-order valence-electron chi connectivity index (χ4n) is 4.59. The molecule has 228 valence electrons. The monoisotopic (exact) mass is 647 g/mol. The van der Waals surface area contributed by atoms with E-state index in [-0.39, 0.29) is 41.0 Å². The third kappa shape index (κ3) is 7.04. The number of fused-ring (bicyclic) bond motifs is 1. The first kappa shape index (κ1) is 31.0. The van der Waals surface area contributed by atoms with Crippen molar-refractivity contribution in [2.75, 3.05) is 13.7 Å². The van der Waals surface area contributed by atoms with E-state index in [2.05, 4.69) is 6.07 Å². The van der Waals surface area contributed by atoms with Gasteiger partial charge in [0.25, 0.3) is 5.69 Å². The van der Waals surface area contributed by atoms with Gasteiger partial charge in [0.1, 0.15) is 35.5 Å². The second-order valence-electron chi connectivity index (χ2n) is 9.57. The van der Waals surface area contributed by atoms with Gasteiger partial charge >= 0.3 is 5.97 Å². The van der Waals surface area contributed by atoms with Gasteiger partial charge in [0, 0.05) is 39.4 Å². The fourth-order valence-corrected chi connectivity index (χ4v) is 5.05. The normalized spacial score (nSPS) is 13.6. The molecule has 45 heavy (non-hydrogen) atoms. The molecule has 0 aliphatic carbocycles. The summed E-state index contributed by atoms with van der Waals surface area (Å²) in [6.45, 7) is -0.278. The first-order valence-electron chi connectivity index (χ1n) is 13.2. The number of carbonyl (C=O) groups is 1. The fraction of sp³-hybridized carbons (Fsp3) is 0.125. The molecule has 0 saturated heterocycles. The average Bonchev–Trinajstić information content (AvgIpc) is 3.02. The van der Waals surface area contributed by atoms with Crippen LogP contribution in [0.15, 0.2) is 90.3 Å². The van der Waals surface area contributed by atoms with Crippen molar-refractivity contribution in [3.05, 3.63) is 127 Å². The Kier molecular flexibility index (Phi) is 9.28. The van der Waals surface area contributed by atoms with Crippen molar-refractivity contribution >= 4 is 34.9 Å². The van der Waals surface area contributed by atoms with Crippen LogP contribution in [0, 0.1) is 21.4 Å². The lowest BCUT2D eigenvalue weighted by Gasteiger charge is -2.27. The smallest absolute Gasteiger partial charge is 0.349 e. The maximum absolute atomic E-state index is 12.4. The second-order valence-corrected chi connectivity index (χ2v) is 10.4. The predicted octanol–water partition coefficient (Wildman–Crippen LogP) is 6.69. The number of hydrogen-bond acceptors (Lipinski definition) is 10. The highest BCUT2D eigenvalue weighted by molar-refractivity contribution is 6.35. The van der Waals surface area contributed by atoms with Crippen molar-refractivity contribution < 1.29 is 33.4 Å². The van der Waals surface area contributed by atoms with Crippen molar-refractivity contribution in [2.24, 2.45) is 5.73 Å². The molecule has 0 radical (unpaired) electrons. The number of methoxy groups -OCH3 is 1. The van der Waals surface area contributed by atoms with Gasteiger partial charge in [0.2, 0.25) is 5.88 Å². The topological polar surface area (TPSA) is 156 Å². The molecular weight excluding hydrogens is 625 g/mol. The number of non-ortho nitro benzene ring substituents is 1. The Morgan fingerprint density at radius 3 is 2.44 bits per heavy atom. The number of hydrogen-bond donors (Lipinski definition) is 1. The lowest BCUT2D eigenvalue weighted by Crippen LogP contribution is -2.22. The number of nitro groups is 1. The summed E-state index contributed by atoms with van der Waals surface area (Å²) in [4.78, 5) is 22.7. The number of esters is 1. The molecule has 1 aliphatic rings. The molecule has 0 aromatic heterocycles. The van der Waals surface area contributed by atoms with Gasteiger partial charge in [0.15, 0.2) is 18.1 Å². The van der Waals surface area contributed by atoms with E-state index >= 15 is 0 Å². The summed E-state index contributed by atoms with van der Waals surface area (Å²) in [6, 6.07) is 22.5. The predicted molar refractivity (Wildman–Crippen MR) is 164 cm³/mol. The van der Waals surface area contributed by atoms with Crippen LogP contribution in [0.25, 0.3) is 0 Å². The lowest BCUT2D eigenvalue weighted by molar-refractivity contribution is -0.384. The van der Waals surface area contributed by atoms with Crippen molar-refractivity contribution in [3.63, 3.8) is 0 Å². The van der Waals surface area contributed by atoms with Gasteiger partial charge < -0.3 is 29.4 Å². The van der Waals surface area contributed by atoms with E-state index in [9.17, 15) is 20.2 Å². The number of nitrogens with zero attached hydrogens (tertiary/aromatic N) is 2. The molecule has 1 heterocycles. The van der Waals surface area contributed by atoms with Crippen molar-refractivity contribution in [1.82, 2.24) is 0 Å². The quantitative estimate of drug-likeness (QED) is 0.0850. The Hall–Kier alpha value is -5.44. The average molecular weight is 648 g/mol. The summed E-state index contributed by atoms with van der Waals surface area (Å²) < 4.78 is 28.1. The molecule has 11 nitrogen and oxygen atoms in total. The molecule has 2 N–H and O–H groups in total. The van der Waals surface area contributed by atoms with Crippen LogP contribution in [-0.4, -0.2) is 24.6 Å². The van der Waals surface area contributed by atoms with Crippen LogP contribution in [0.2, 0.25) is 10.0 Å². The number of allylic oxidation sites excluding steroid dienone is 1. The molecule has 4 aromatic carbocycles. The number of halogens is 2. The van der Waals surface area contributed by atoms with E-state index in [1.54, 1.807) is 48.5 Å². The first-order valence-corrected chi connectivity index (χ1v) is 14.0. The number of rotatable bonds is 10. The molecule has 0 bridgehead atoms. The largest absolute Gasteiger partial charge is 0.493 e. The molecule has 1 unspecified atom stereocenters. The molecular formula is C32H23Cl2N3O8. The molecule has 0 spiro atoms. The second kappa shape index (κ2) is 13.5. The molecule has 1 atom stereocenters. The van der Waals surface area contributed by atoms with Crippen molar-refractivity contribution in [2.45, 2.75) is 12.5 Å². The first-order chi connectivity index (χ1) is 21.7. The zero-order valence-electron chi connectivity index (χ0n) is 23.5. The van der Waals surface area contributed by atoms with E-state index in [4.69, 9.17) is 52.6 Å². The Morgan fingerprint density at radius 2 is 1.76 bits per heavy atom. The minimum Gasteiger partial charge on any atom is -0.493 e. The summed E-state index contributed by atoms with van der Waals surface area (Å²) in [7, 11) is 1.50. The van der Waals surface area contributed by atoms with Gasteiger partial charge in [-0.2, -0.15) is 5.26 Å². The molecule has 5 rings (SSSR count). The van der Waals surface area contributed by atoms with E-state index < -0.39 is 23.4 Å². The maximum Gasteiger partial charge on any atom is 0.349 e. The standard InChI is InChI=1S/C32H23Cl2N3O8/c1-41-29-12-18(3-11-27(29)43-16-19-2-4-20(33)13-26(19)34)31-24-10-9-23(14-28(24)45-32(36)25(31)15-35)44-30(38)17-42-22-7-5-21(6-8-22)37(39)40/h2-14,31H,16-17,36H2,1H3. The Morgan fingerprint density at radius 1 is 1.00 bits per heavy atom. The highest BCUT2D eigenvalue weighted by Crippen LogP contribution is 2.45. The van der Waals surface area contributed by atoms with Crippen LogP contribution in [0.1, 0.15) is 22.6 Å². The molecule has 4 aromatic rings. The van der Waals surface area contributed by atoms with Crippen LogP contribution in [0.5, 0.6) is 28.7 Å². The molecule has 0 amide bonds. The van der Waals surface area contributed by atoms with Gasteiger partial charge in [0.05, 0.1) is 18.0 Å². The van der Waals surface area contributed by atoms with Gasteiger partial charge in [-0.3, -0.25) is 10.1 Å². The summed E-state index contributed by atoms with van der Waals surface area (Å²) in [5.74, 6) is 0.126. The minimum atomic E-state index is -0.720. The summed E-state index contributed by atoms with van der Waals surface area (Å²) >= 11 is 12.3. The number of ether oxygens (including phenoxy) is 5. The van der Waals surface area contributed by atoms with Crippen molar-refractivity contribution in [1.29, 1.82) is 5.26 Å². The van der Waals surface area contributed by atoms with E-state index in [0.717, 1.165) is 5.56 Å². The van der Waals surface area contributed by atoms with Crippen LogP contribution < -0.4 is 29.4 Å². The zero-order valence-corrected chi connectivity index (χ0v) is 25.0. The van der Waals surface area contributed by atoms with Crippen LogP contribution in [0.3, 0.4) is 0 Å². The molecule has 13 heteroatoms. The third-order valence-corrected chi connectivity index (χ3v) is 7.33. The summed E-state index contributed by atoms with van der Waals surface area (Å²) in [5, 5.41) is 21.8. The van der Waals surface area contributed by atoms with Crippen molar-refractivity contribution in [3.8, 4) is 34.8 Å². The number of nitrogens with two attached hydrogens (primary N) is 1. The molecule has 0 saturated carbocycles. The third-order valence-electron chi connectivity index (χ3n) is 6.75. The van der Waals surface area contributed by atoms with E-state index in [0.29, 0.717) is 32.7 Å². The van der Waals surface area contributed by atoms with Gasteiger partial charge in [-0.05, 0) is 48.0 Å². The van der Waals surface area contributed by atoms with Gasteiger partial charge in [-0.15, -0.1) is 0 Å². The van der Waals surface area contributed by atoms with Gasteiger partial charge in [-0.25, -0.2) is 4.79 Å². The van der Waals surface area contributed by atoms with Crippen LogP contribution in [0.4, 0.5) is 5.69 Å². The van der Waals surface area contributed by atoms with Crippen LogP contribution in [-0.2, 0) is 11.4 Å². The minimum absolute atomic E-state index is 0.100. The lowest BCUT2D eigenvalue weighted by atomic mass is 9.83. The number of nitro benzene ring substituents is 1. The van der Waals surface area contributed by atoms with Crippen LogP contribution >= 0.6 is 23.2 Å². The SMILES string of the molecule is COc1cc(C2C(C#N)=C(N)Oc3cc(OC(=O)COc4ccc([N+](=O)[O-])cc4)ccc32)ccc1OCc1ccc(Cl)cc1Cl. The number of nitriles is 1. The maximum atomic E-state index is 12.4. The Labute approximate surface area is 267 Å². The Balaban J connectivity index is 1.33. The highest BCUT2D eigenvalue weighted by atomic mass is 35.5. The number of benzene rings is 4. The summed E-state index contributed by atoms with van der Waals surface area (Å²) in [6.07, 6.45) is 0. The zero-order chi connectivity index (χ0) is 32.1. The number of carbonyl (C=O) groups excluding carboxylic acids is 1. The molecule has 0 fully saturated rings. The molecule has 1 aliphatic heterocycles. The van der Waals surface area contributed by atoms with Gasteiger partial charge in [-0.1, -0.05) is 41.4 Å². The summed E-state index contributed by atoms with van der Waals surface area (Å²) in [5.41, 5.74) is 8.25.